The molecule has 1 unspecified atom stereocenters. The fourth-order valence-corrected chi connectivity index (χ4v) is 4.59. The molecule has 2 aliphatic rings. The summed E-state index contributed by atoms with van der Waals surface area (Å²) in [4.78, 5) is 21.7. The van der Waals surface area contributed by atoms with Crippen molar-refractivity contribution in [3.63, 3.8) is 0 Å². The van der Waals surface area contributed by atoms with Crippen molar-refractivity contribution in [2.75, 3.05) is 18.0 Å². The molecular weight excluding hydrogens is 476 g/mol. The highest BCUT2D eigenvalue weighted by Crippen LogP contribution is 2.39. The second-order valence-corrected chi connectivity index (χ2v) is 9.41. The van der Waals surface area contributed by atoms with Gasteiger partial charge in [-0.3, -0.25) is 4.79 Å². The van der Waals surface area contributed by atoms with E-state index in [4.69, 9.17) is 19.4 Å². The molecular formula is C23H27F2N7O4. The molecule has 0 aromatic carbocycles. The lowest BCUT2D eigenvalue weighted by Crippen LogP contribution is -2.48. The van der Waals surface area contributed by atoms with Crippen molar-refractivity contribution in [1.82, 2.24) is 30.1 Å². The van der Waals surface area contributed by atoms with Crippen LogP contribution < -0.4 is 9.64 Å². The Labute approximate surface area is 205 Å². The number of alkyl halides is 2. The zero-order valence-electron chi connectivity index (χ0n) is 20.0. The summed E-state index contributed by atoms with van der Waals surface area (Å²) >= 11 is 0. The van der Waals surface area contributed by atoms with Gasteiger partial charge in [-0.2, -0.15) is 4.98 Å². The first-order valence-corrected chi connectivity index (χ1v) is 11.9. The molecule has 0 radical (unpaired) electrons. The molecule has 1 N–H and O–H groups in total. The summed E-state index contributed by atoms with van der Waals surface area (Å²) in [6.07, 6.45) is 1.83. The van der Waals surface area contributed by atoms with Gasteiger partial charge in [-0.1, -0.05) is 12.1 Å². The number of aliphatic carboxylic acids is 1. The van der Waals surface area contributed by atoms with Crippen LogP contribution in [0, 0.1) is 5.92 Å². The summed E-state index contributed by atoms with van der Waals surface area (Å²) in [6.45, 7) is 1.73. The number of carboxylic acids is 1. The standard InChI is InChI=1S/C23H27F2N7O4/c1-3-15-17(32-10-13(8-19(33)34)9-23(24,25)12-32)7-6-16(26-15)20-18(31(2)30-28-20)11-35-22-27-21(36-29-22)14-4-5-14/h6-7,13-14H,3-5,8-12H2,1-2H3,(H,33,34). The molecule has 5 rings (SSSR count). The normalized spacial score (nSPS) is 19.4. The van der Waals surface area contributed by atoms with Crippen LogP contribution in [0.4, 0.5) is 14.5 Å². The summed E-state index contributed by atoms with van der Waals surface area (Å²) in [6, 6.07) is 3.59. The van der Waals surface area contributed by atoms with Gasteiger partial charge < -0.3 is 19.3 Å². The third kappa shape index (κ3) is 5.14. The van der Waals surface area contributed by atoms with Crippen LogP contribution in [0.2, 0.25) is 0 Å². The van der Waals surface area contributed by atoms with Crippen LogP contribution >= 0.6 is 0 Å². The van der Waals surface area contributed by atoms with Crippen molar-refractivity contribution in [3.8, 4) is 17.4 Å². The molecule has 3 aromatic heterocycles. The molecule has 0 spiro atoms. The van der Waals surface area contributed by atoms with Crippen molar-refractivity contribution in [2.45, 2.75) is 57.5 Å². The van der Waals surface area contributed by atoms with Gasteiger partial charge in [-0.15, -0.1) is 5.10 Å². The second-order valence-electron chi connectivity index (χ2n) is 9.41. The molecule has 3 aromatic rings. The van der Waals surface area contributed by atoms with Crippen LogP contribution in [0.5, 0.6) is 6.01 Å². The number of ether oxygens (including phenoxy) is 1. The molecule has 0 bridgehead atoms. The number of pyridine rings is 1. The number of hydrogen-bond donors (Lipinski definition) is 1. The molecule has 1 aliphatic heterocycles. The Morgan fingerprint density at radius 1 is 1.31 bits per heavy atom. The number of nitrogens with zero attached hydrogens (tertiary/aromatic N) is 7. The highest BCUT2D eigenvalue weighted by Gasteiger charge is 2.41. The Morgan fingerprint density at radius 3 is 2.83 bits per heavy atom. The van der Waals surface area contributed by atoms with E-state index >= 15 is 0 Å². The fraction of sp³-hybridized carbons (Fsp3) is 0.565. The van der Waals surface area contributed by atoms with Gasteiger partial charge in [0, 0.05) is 25.9 Å². The lowest BCUT2D eigenvalue weighted by molar-refractivity contribution is -0.139. The topological polar surface area (TPSA) is 132 Å². The van der Waals surface area contributed by atoms with Crippen LogP contribution in [-0.2, 0) is 24.9 Å². The van der Waals surface area contributed by atoms with Crippen molar-refractivity contribution in [1.29, 1.82) is 0 Å². The number of aryl methyl sites for hydroxylation is 2. The zero-order chi connectivity index (χ0) is 25.4. The highest BCUT2D eigenvalue weighted by molar-refractivity contribution is 5.67. The van der Waals surface area contributed by atoms with Crippen LogP contribution in [0.3, 0.4) is 0 Å². The maximum atomic E-state index is 14.4. The molecule has 11 nitrogen and oxygen atoms in total. The number of carboxylic acid groups (broad SMARTS) is 1. The van der Waals surface area contributed by atoms with Gasteiger partial charge in [0.05, 0.1) is 30.0 Å². The number of aromatic nitrogens is 6. The number of hydrogen-bond acceptors (Lipinski definition) is 9. The van der Waals surface area contributed by atoms with E-state index in [0.29, 0.717) is 46.7 Å². The van der Waals surface area contributed by atoms with Crippen molar-refractivity contribution < 1.29 is 27.9 Å². The number of carbonyl (C=O) groups is 1. The molecule has 192 valence electrons. The number of anilines is 1. The summed E-state index contributed by atoms with van der Waals surface area (Å²) in [5.74, 6) is -3.81. The first-order valence-electron chi connectivity index (χ1n) is 11.9. The Kier molecular flexibility index (Phi) is 6.31. The second kappa shape index (κ2) is 9.43. The van der Waals surface area contributed by atoms with Gasteiger partial charge in [-0.05, 0) is 42.5 Å². The number of halogens is 2. The lowest BCUT2D eigenvalue weighted by Gasteiger charge is -2.39. The molecule has 4 heterocycles. The molecule has 1 atom stereocenters. The molecule has 36 heavy (non-hydrogen) atoms. The maximum absolute atomic E-state index is 14.4. The van der Waals surface area contributed by atoms with Crippen molar-refractivity contribution >= 4 is 11.7 Å². The average Bonchev–Trinajstić information content (AvgIpc) is 3.45. The summed E-state index contributed by atoms with van der Waals surface area (Å²) in [5, 5.41) is 21.3. The van der Waals surface area contributed by atoms with Gasteiger partial charge in [0.25, 0.3) is 5.92 Å². The SMILES string of the molecule is CCc1nc(-c2nnn(C)c2COc2noc(C3CC3)n2)ccc1N1CC(CC(=O)O)CC(F)(F)C1. The quantitative estimate of drug-likeness (QED) is 0.464. The summed E-state index contributed by atoms with van der Waals surface area (Å²) in [5.41, 5.74) is 2.85. The van der Waals surface area contributed by atoms with Gasteiger partial charge in [0.1, 0.15) is 18.0 Å². The predicted molar refractivity (Wildman–Crippen MR) is 122 cm³/mol. The molecule has 13 heteroatoms. The Hall–Kier alpha value is -3.64. The lowest BCUT2D eigenvalue weighted by atomic mass is 9.91. The van der Waals surface area contributed by atoms with Crippen LogP contribution in [0.15, 0.2) is 16.7 Å². The molecule has 1 aliphatic carbocycles. The Morgan fingerprint density at radius 2 is 2.11 bits per heavy atom. The zero-order valence-corrected chi connectivity index (χ0v) is 20.0. The molecule has 1 saturated carbocycles. The minimum atomic E-state index is -2.98. The monoisotopic (exact) mass is 503 g/mol. The summed E-state index contributed by atoms with van der Waals surface area (Å²) < 4.78 is 41.4. The number of piperidine rings is 1. The van der Waals surface area contributed by atoms with Crippen molar-refractivity contribution in [3.05, 3.63) is 29.4 Å². The molecule has 0 amide bonds. The first kappa shape index (κ1) is 24.1. The first-order chi connectivity index (χ1) is 17.2. The van der Waals surface area contributed by atoms with E-state index in [-0.39, 0.29) is 25.6 Å². The minimum absolute atomic E-state index is 0.0859. The van der Waals surface area contributed by atoms with Gasteiger partial charge in [-0.25, -0.2) is 18.4 Å². The van der Waals surface area contributed by atoms with Gasteiger partial charge in [0.15, 0.2) is 0 Å². The Bertz CT molecular complexity index is 1260. The fourth-order valence-electron chi connectivity index (χ4n) is 4.59. The third-order valence-electron chi connectivity index (χ3n) is 6.45. The van der Waals surface area contributed by atoms with E-state index in [9.17, 15) is 13.6 Å². The van der Waals surface area contributed by atoms with E-state index in [2.05, 4.69) is 20.5 Å². The molecule has 2 fully saturated rings. The number of rotatable bonds is 9. The Balaban J connectivity index is 1.37. The van der Waals surface area contributed by atoms with E-state index in [1.165, 1.54) is 0 Å². The average molecular weight is 504 g/mol. The van der Waals surface area contributed by atoms with Gasteiger partial charge >= 0.3 is 12.0 Å². The van der Waals surface area contributed by atoms with Crippen LogP contribution in [0.1, 0.15) is 55.8 Å². The van der Waals surface area contributed by atoms with Crippen molar-refractivity contribution in [2.24, 2.45) is 13.0 Å². The van der Waals surface area contributed by atoms with E-state index in [1.807, 2.05) is 6.92 Å². The molecule has 1 saturated heterocycles. The van der Waals surface area contributed by atoms with E-state index < -0.39 is 30.8 Å². The minimum Gasteiger partial charge on any atom is -0.481 e. The summed E-state index contributed by atoms with van der Waals surface area (Å²) in [7, 11) is 1.73. The van der Waals surface area contributed by atoms with E-state index in [0.717, 1.165) is 12.8 Å². The third-order valence-corrected chi connectivity index (χ3v) is 6.45. The van der Waals surface area contributed by atoms with Crippen LogP contribution in [-0.4, -0.2) is 60.2 Å². The largest absolute Gasteiger partial charge is 0.481 e. The predicted octanol–water partition coefficient (Wildman–Crippen LogP) is 3.22. The van der Waals surface area contributed by atoms with E-state index in [1.54, 1.807) is 28.8 Å². The van der Waals surface area contributed by atoms with Crippen LogP contribution in [0.25, 0.3) is 11.4 Å². The highest BCUT2D eigenvalue weighted by atomic mass is 19.3. The smallest absolute Gasteiger partial charge is 0.354 e. The van der Waals surface area contributed by atoms with Gasteiger partial charge in [0.2, 0.25) is 5.89 Å². The maximum Gasteiger partial charge on any atom is 0.354 e.